The van der Waals surface area contributed by atoms with Crippen LogP contribution in [0, 0.1) is 19.3 Å². The molecule has 3 rings (SSSR count). The van der Waals surface area contributed by atoms with Gasteiger partial charge in [-0.2, -0.15) is 0 Å². The standard InChI is InChI=1S/C20H20N4O3/c1-12-8-15-9-16(5-7-24(15)19(12)20(26)22-3)27-17(4-6-21)18-13(2)14(11-25)10-23-18/h4-11,21,23H,1-3H3,(H,22,26)/b17-4+,21-6?. The van der Waals surface area contributed by atoms with E-state index in [1.165, 1.54) is 6.08 Å². The number of nitrogens with one attached hydrogen (secondary N) is 3. The number of aldehydes is 1. The van der Waals surface area contributed by atoms with Gasteiger partial charge in [-0.05, 0) is 37.1 Å². The lowest BCUT2D eigenvalue weighted by atomic mass is 10.1. The van der Waals surface area contributed by atoms with Crippen LogP contribution in [0.4, 0.5) is 0 Å². The van der Waals surface area contributed by atoms with Gasteiger partial charge in [0, 0.05) is 48.9 Å². The number of hydrogen-bond acceptors (Lipinski definition) is 4. The smallest absolute Gasteiger partial charge is 0.268 e. The van der Waals surface area contributed by atoms with Gasteiger partial charge in [0.2, 0.25) is 0 Å². The Morgan fingerprint density at radius 2 is 2.11 bits per heavy atom. The van der Waals surface area contributed by atoms with E-state index in [0.717, 1.165) is 29.1 Å². The van der Waals surface area contributed by atoms with Crippen LogP contribution in [-0.4, -0.2) is 34.8 Å². The molecular formula is C20H20N4O3. The number of hydrogen-bond donors (Lipinski definition) is 3. The maximum absolute atomic E-state index is 12.1. The topological polar surface area (TPSA) is 99.4 Å². The summed E-state index contributed by atoms with van der Waals surface area (Å²) in [5, 5.41) is 10.0. The van der Waals surface area contributed by atoms with Gasteiger partial charge in [-0.3, -0.25) is 9.59 Å². The molecule has 0 atom stereocenters. The van der Waals surface area contributed by atoms with E-state index in [9.17, 15) is 9.59 Å². The summed E-state index contributed by atoms with van der Waals surface area (Å²) >= 11 is 0. The molecule has 0 saturated carbocycles. The molecule has 138 valence electrons. The molecule has 0 bridgehead atoms. The van der Waals surface area contributed by atoms with Gasteiger partial charge in [0.15, 0.2) is 12.0 Å². The fourth-order valence-electron chi connectivity index (χ4n) is 3.02. The van der Waals surface area contributed by atoms with Crippen LogP contribution in [0.15, 0.2) is 36.7 Å². The Labute approximate surface area is 156 Å². The summed E-state index contributed by atoms with van der Waals surface area (Å²) in [4.78, 5) is 26.2. The third kappa shape index (κ3) is 3.27. The Hall–Kier alpha value is -3.61. The number of pyridine rings is 1. The van der Waals surface area contributed by atoms with Crippen molar-refractivity contribution in [3.63, 3.8) is 0 Å². The number of rotatable bonds is 6. The van der Waals surface area contributed by atoms with Crippen LogP contribution in [0.1, 0.15) is 37.7 Å². The van der Waals surface area contributed by atoms with Crippen molar-refractivity contribution in [2.24, 2.45) is 0 Å². The number of amides is 1. The van der Waals surface area contributed by atoms with E-state index in [1.807, 2.05) is 26.0 Å². The molecular weight excluding hydrogens is 344 g/mol. The van der Waals surface area contributed by atoms with E-state index >= 15 is 0 Å². The molecule has 0 aliphatic heterocycles. The summed E-state index contributed by atoms with van der Waals surface area (Å²) in [6.07, 6.45) is 6.78. The highest BCUT2D eigenvalue weighted by atomic mass is 16.5. The van der Waals surface area contributed by atoms with Crippen molar-refractivity contribution in [3.05, 3.63) is 64.7 Å². The Balaban J connectivity index is 2.00. The SMILES string of the molecule is CNC(=O)c1c(C)cc2cc(O/C(=C/C=N)c3[nH]cc(C=O)c3C)ccn12. The monoisotopic (exact) mass is 364 g/mol. The van der Waals surface area contributed by atoms with Crippen molar-refractivity contribution >= 4 is 29.7 Å². The quantitative estimate of drug-likeness (QED) is 0.356. The van der Waals surface area contributed by atoms with Crippen LogP contribution in [0.3, 0.4) is 0 Å². The molecule has 0 fully saturated rings. The van der Waals surface area contributed by atoms with E-state index in [4.69, 9.17) is 10.1 Å². The van der Waals surface area contributed by atoms with Gasteiger partial charge < -0.3 is 24.8 Å². The first-order valence-corrected chi connectivity index (χ1v) is 8.36. The number of aromatic amines is 1. The maximum atomic E-state index is 12.1. The minimum atomic E-state index is -0.158. The molecule has 3 aromatic heterocycles. The largest absolute Gasteiger partial charge is 0.455 e. The summed E-state index contributed by atoms with van der Waals surface area (Å²) in [7, 11) is 1.60. The average molecular weight is 364 g/mol. The minimum absolute atomic E-state index is 0.158. The molecule has 0 saturated heterocycles. The molecule has 0 aliphatic rings. The van der Waals surface area contributed by atoms with E-state index in [1.54, 1.807) is 29.9 Å². The summed E-state index contributed by atoms with van der Waals surface area (Å²) < 4.78 is 7.77. The highest BCUT2D eigenvalue weighted by Crippen LogP contribution is 2.26. The van der Waals surface area contributed by atoms with Crippen molar-refractivity contribution in [3.8, 4) is 5.75 Å². The fraction of sp³-hybridized carbons (Fsp3) is 0.150. The molecule has 0 spiro atoms. The predicted octanol–water partition coefficient (Wildman–Crippen LogP) is 3.13. The molecule has 3 aromatic rings. The number of allylic oxidation sites excluding steroid dienone is 1. The molecule has 1 amide bonds. The Bertz CT molecular complexity index is 1070. The van der Waals surface area contributed by atoms with Gasteiger partial charge in [0.1, 0.15) is 11.4 Å². The van der Waals surface area contributed by atoms with Crippen LogP contribution in [-0.2, 0) is 0 Å². The summed E-state index contributed by atoms with van der Waals surface area (Å²) in [6.45, 7) is 3.69. The normalized spacial score (nSPS) is 11.4. The molecule has 3 N–H and O–H groups in total. The first-order valence-electron chi connectivity index (χ1n) is 8.36. The third-order valence-electron chi connectivity index (χ3n) is 4.39. The van der Waals surface area contributed by atoms with Crippen molar-refractivity contribution in [2.45, 2.75) is 13.8 Å². The molecule has 7 heteroatoms. The lowest BCUT2D eigenvalue weighted by Gasteiger charge is -2.11. The first kappa shape index (κ1) is 18.2. The number of carbonyl (C=O) groups excluding carboxylic acids is 2. The van der Waals surface area contributed by atoms with Crippen molar-refractivity contribution in [2.75, 3.05) is 7.05 Å². The van der Waals surface area contributed by atoms with Gasteiger partial charge >= 0.3 is 0 Å². The molecule has 0 radical (unpaired) electrons. The van der Waals surface area contributed by atoms with Gasteiger partial charge in [-0.15, -0.1) is 0 Å². The van der Waals surface area contributed by atoms with Gasteiger partial charge in [0.05, 0.1) is 5.69 Å². The molecule has 27 heavy (non-hydrogen) atoms. The zero-order chi connectivity index (χ0) is 19.6. The fourth-order valence-corrected chi connectivity index (χ4v) is 3.02. The number of H-pyrrole nitrogens is 1. The Kier molecular flexibility index (Phi) is 4.94. The van der Waals surface area contributed by atoms with Crippen molar-refractivity contribution in [1.82, 2.24) is 14.7 Å². The summed E-state index contributed by atoms with van der Waals surface area (Å²) in [5.74, 6) is 0.821. The number of carbonyl (C=O) groups is 2. The third-order valence-corrected chi connectivity index (χ3v) is 4.39. The second-order valence-corrected chi connectivity index (χ2v) is 6.07. The number of ether oxygens (including phenoxy) is 1. The van der Waals surface area contributed by atoms with Crippen LogP contribution in [0.25, 0.3) is 11.3 Å². The minimum Gasteiger partial charge on any atom is -0.455 e. The van der Waals surface area contributed by atoms with Gasteiger partial charge in [-0.25, -0.2) is 0 Å². The van der Waals surface area contributed by atoms with E-state index in [2.05, 4.69) is 10.3 Å². The molecule has 0 aromatic carbocycles. The lowest BCUT2D eigenvalue weighted by Crippen LogP contribution is -2.20. The highest BCUT2D eigenvalue weighted by Gasteiger charge is 2.16. The molecule has 0 aliphatic carbocycles. The lowest BCUT2D eigenvalue weighted by molar-refractivity contribution is 0.0956. The molecule has 3 heterocycles. The van der Waals surface area contributed by atoms with Crippen molar-refractivity contribution < 1.29 is 14.3 Å². The second-order valence-electron chi connectivity index (χ2n) is 6.07. The summed E-state index contributed by atoms with van der Waals surface area (Å²) in [6, 6.07) is 5.47. The van der Waals surface area contributed by atoms with Gasteiger partial charge in [-0.1, -0.05) is 0 Å². The Morgan fingerprint density at radius 1 is 1.33 bits per heavy atom. The van der Waals surface area contributed by atoms with E-state index in [0.29, 0.717) is 28.5 Å². The zero-order valence-electron chi connectivity index (χ0n) is 15.3. The van der Waals surface area contributed by atoms with E-state index in [-0.39, 0.29) is 5.91 Å². The summed E-state index contributed by atoms with van der Waals surface area (Å²) in [5.41, 5.74) is 4.17. The predicted molar refractivity (Wildman–Crippen MR) is 104 cm³/mol. The highest BCUT2D eigenvalue weighted by molar-refractivity contribution is 5.95. The zero-order valence-corrected chi connectivity index (χ0v) is 15.3. The van der Waals surface area contributed by atoms with Crippen LogP contribution in [0.5, 0.6) is 5.75 Å². The maximum Gasteiger partial charge on any atom is 0.268 e. The number of aryl methyl sites for hydroxylation is 1. The van der Waals surface area contributed by atoms with Crippen LogP contribution < -0.4 is 10.1 Å². The first-order chi connectivity index (χ1) is 13.0. The number of fused-ring (bicyclic) bond motifs is 1. The molecule has 7 nitrogen and oxygen atoms in total. The van der Waals surface area contributed by atoms with Crippen molar-refractivity contribution in [1.29, 1.82) is 5.41 Å². The number of aromatic nitrogens is 2. The van der Waals surface area contributed by atoms with Crippen LogP contribution >= 0.6 is 0 Å². The second kappa shape index (κ2) is 7.33. The van der Waals surface area contributed by atoms with E-state index < -0.39 is 0 Å². The average Bonchev–Trinajstić information content (AvgIpc) is 3.19. The number of nitrogens with zero attached hydrogens (tertiary/aromatic N) is 1. The van der Waals surface area contributed by atoms with Gasteiger partial charge in [0.25, 0.3) is 5.91 Å². The van der Waals surface area contributed by atoms with Crippen LogP contribution in [0.2, 0.25) is 0 Å². The Morgan fingerprint density at radius 3 is 2.74 bits per heavy atom. The molecule has 0 unspecified atom stereocenters.